The normalized spacial score (nSPS) is 12.8. The van der Waals surface area contributed by atoms with E-state index in [1.165, 1.54) is 22.4 Å². The van der Waals surface area contributed by atoms with Crippen molar-refractivity contribution >= 4 is 11.3 Å². The number of allylic oxidation sites excluding steroid dienone is 1. The second-order valence-electron chi connectivity index (χ2n) is 6.74. The van der Waals surface area contributed by atoms with Crippen molar-refractivity contribution in [3.05, 3.63) is 114 Å². The molecule has 0 unspecified atom stereocenters. The first-order valence-corrected chi connectivity index (χ1v) is 9.30. The van der Waals surface area contributed by atoms with Gasteiger partial charge in [-0.25, -0.2) is 4.57 Å². The molecule has 130 valence electrons. The molecule has 1 aliphatic rings. The lowest BCUT2D eigenvalue weighted by Gasteiger charge is -2.11. The monoisotopic (exact) mass is 350 g/mol. The van der Waals surface area contributed by atoms with Gasteiger partial charge in [0.2, 0.25) is 6.33 Å². The number of para-hydroxylation sites is 1. The van der Waals surface area contributed by atoms with Crippen molar-refractivity contribution in [2.24, 2.45) is 0 Å². The number of rotatable bonds is 3. The Hall–Kier alpha value is -3.46. The van der Waals surface area contributed by atoms with Crippen molar-refractivity contribution in [1.82, 2.24) is 9.78 Å². The fourth-order valence-electron chi connectivity index (χ4n) is 3.78. The molecule has 3 aromatic carbocycles. The molecular weight excluding hydrogens is 330 g/mol. The molecule has 0 saturated heterocycles. The second kappa shape index (κ2) is 6.69. The lowest BCUT2D eigenvalue weighted by atomic mass is 9.95. The van der Waals surface area contributed by atoms with Crippen LogP contribution >= 0.6 is 0 Å². The molecule has 5 rings (SSSR count). The Morgan fingerprint density at radius 2 is 1.26 bits per heavy atom. The molecule has 3 nitrogen and oxygen atoms in total. The molecule has 1 aromatic heterocycles. The third-order valence-electron chi connectivity index (χ3n) is 5.04. The number of hydrogen-bond acceptors (Lipinski definition) is 1. The van der Waals surface area contributed by atoms with E-state index in [0.29, 0.717) is 0 Å². The minimum Gasteiger partial charge on any atom is -0.204 e. The number of aryl methyl sites for hydroxylation is 1. The number of fused-ring (bicyclic) bond motifs is 1. The predicted octanol–water partition coefficient (Wildman–Crippen LogP) is 4.52. The van der Waals surface area contributed by atoms with Crippen LogP contribution in [-0.2, 0) is 6.42 Å². The Balaban J connectivity index is 1.70. The van der Waals surface area contributed by atoms with Gasteiger partial charge in [-0.3, -0.25) is 0 Å². The SMILES string of the molecule is c1ccc(C(=C2CCc3nn(-c4ccccc4)c[n+]32)c2ccccc2)cc1. The van der Waals surface area contributed by atoms with Gasteiger partial charge in [0, 0.05) is 23.5 Å². The van der Waals surface area contributed by atoms with Crippen molar-refractivity contribution in [2.75, 3.05) is 0 Å². The highest BCUT2D eigenvalue weighted by Gasteiger charge is 2.30. The fourth-order valence-corrected chi connectivity index (χ4v) is 3.78. The topological polar surface area (TPSA) is 21.7 Å². The Labute approximate surface area is 158 Å². The summed E-state index contributed by atoms with van der Waals surface area (Å²) in [5.74, 6) is 1.11. The van der Waals surface area contributed by atoms with Crippen LogP contribution in [0, 0.1) is 0 Å². The molecule has 0 aliphatic carbocycles. The van der Waals surface area contributed by atoms with E-state index in [9.17, 15) is 0 Å². The van der Waals surface area contributed by atoms with Gasteiger partial charge in [0.1, 0.15) is 5.69 Å². The zero-order chi connectivity index (χ0) is 18.1. The molecule has 2 heterocycles. The maximum atomic E-state index is 4.83. The van der Waals surface area contributed by atoms with Crippen molar-refractivity contribution < 1.29 is 4.57 Å². The minimum absolute atomic E-state index is 0.957. The molecular formula is C24H20N3+. The highest BCUT2D eigenvalue weighted by molar-refractivity contribution is 5.90. The molecule has 0 amide bonds. The quantitative estimate of drug-likeness (QED) is 0.498. The summed E-state index contributed by atoms with van der Waals surface area (Å²) in [6.45, 7) is 0. The van der Waals surface area contributed by atoms with Gasteiger partial charge < -0.3 is 0 Å². The van der Waals surface area contributed by atoms with E-state index in [0.717, 1.165) is 24.4 Å². The lowest BCUT2D eigenvalue weighted by molar-refractivity contribution is -0.581. The van der Waals surface area contributed by atoms with Crippen LogP contribution in [0.5, 0.6) is 0 Å². The van der Waals surface area contributed by atoms with Gasteiger partial charge in [-0.2, -0.15) is 0 Å². The Kier molecular flexibility index (Phi) is 3.91. The standard InChI is InChI=1S/C24H20N3/c1-4-10-19(11-5-1)24(20-12-6-2-7-13-20)22-16-17-23-25-27(18-26(22)23)21-14-8-3-9-15-21/h1-15,18H,16-17H2/q+1. The Morgan fingerprint density at radius 3 is 1.85 bits per heavy atom. The van der Waals surface area contributed by atoms with Crippen LogP contribution in [0.4, 0.5) is 0 Å². The van der Waals surface area contributed by atoms with E-state index < -0.39 is 0 Å². The van der Waals surface area contributed by atoms with E-state index in [1.54, 1.807) is 0 Å². The molecule has 0 saturated carbocycles. The first-order chi connectivity index (χ1) is 13.4. The third kappa shape index (κ3) is 2.87. The molecule has 0 spiro atoms. The smallest absolute Gasteiger partial charge is 0.204 e. The zero-order valence-electron chi connectivity index (χ0n) is 15.0. The summed E-state index contributed by atoms with van der Waals surface area (Å²) in [6.07, 6.45) is 4.06. The minimum atomic E-state index is 0.957. The van der Waals surface area contributed by atoms with Gasteiger partial charge in [-0.15, -0.1) is 0 Å². The van der Waals surface area contributed by atoms with E-state index in [1.807, 2.05) is 22.9 Å². The Bertz CT molecular complexity index is 1050. The van der Waals surface area contributed by atoms with Gasteiger partial charge >= 0.3 is 0 Å². The summed E-state index contributed by atoms with van der Waals surface area (Å²) in [5, 5.41) is 4.83. The second-order valence-corrected chi connectivity index (χ2v) is 6.74. The molecule has 3 heteroatoms. The van der Waals surface area contributed by atoms with Crippen LogP contribution in [0.3, 0.4) is 0 Å². The summed E-state index contributed by atoms with van der Waals surface area (Å²) >= 11 is 0. The highest BCUT2D eigenvalue weighted by atomic mass is 15.4. The van der Waals surface area contributed by atoms with Crippen LogP contribution in [0.2, 0.25) is 0 Å². The largest absolute Gasteiger partial charge is 0.283 e. The molecule has 0 radical (unpaired) electrons. The van der Waals surface area contributed by atoms with E-state index >= 15 is 0 Å². The number of benzene rings is 3. The van der Waals surface area contributed by atoms with Gasteiger partial charge in [-0.1, -0.05) is 83.5 Å². The lowest BCUT2D eigenvalue weighted by Crippen LogP contribution is -2.30. The molecule has 1 aliphatic heterocycles. The van der Waals surface area contributed by atoms with Crippen LogP contribution in [0.1, 0.15) is 23.4 Å². The molecule has 0 N–H and O–H groups in total. The van der Waals surface area contributed by atoms with E-state index in [4.69, 9.17) is 5.10 Å². The number of hydrogen-bond donors (Lipinski definition) is 0. The summed E-state index contributed by atoms with van der Waals surface area (Å²) in [7, 11) is 0. The first-order valence-electron chi connectivity index (χ1n) is 9.30. The van der Waals surface area contributed by atoms with Crippen LogP contribution in [0.25, 0.3) is 17.0 Å². The fraction of sp³-hybridized carbons (Fsp3) is 0.0833. The third-order valence-corrected chi connectivity index (χ3v) is 5.04. The van der Waals surface area contributed by atoms with Gasteiger partial charge in [-0.05, 0) is 23.3 Å². The first kappa shape index (κ1) is 15.8. The van der Waals surface area contributed by atoms with Gasteiger partial charge in [0.25, 0.3) is 5.82 Å². The average molecular weight is 350 g/mol. The van der Waals surface area contributed by atoms with Crippen molar-refractivity contribution in [3.63, 3.8) is 0 Å². The van der Waals surface area contributed by atoms with Crippen LogP contribution in [-0.4, -0.2) is 9.78 Å². The summed E-state index contributed by atoms with van der Waals surface area (Å²) in [5.41, 5.74) is 6.16. The predicted molar refractivity (Wildman–Crippen MR) is 107 cm³/mol. The van der Waals surface area contributed by atoms with Gasteiger partial charge in [0.05, 0.1) is 5.70 Å². The highest BCUT2D eigenvalue weighted by Crippen LogP contribution is 2.31. The maximum absolute atomic E-state index is 4.83. The average Bonchev–Trinajstić information content (AvgIpc) is 3.33. The molecule has 4 aromatic rings. The summed E-state index contributed by atoms with van der Waals surface area (Å²) in [6, 6.07) is 31.6. The van der Waals surface area contributed by atoms with Crippen LogP contribution < -0.4 is 4.57 Å². The summed E-state index contributed by atoms with van der Waals surface area (Å²) < 4.78 is 4.24. The van der Waals surface area contributed by atoms with Crippen molar-refractivity contribution in [1.29, 1.82) is 0 Å². The zero-order valence-corrected chi connectivity index (χ0v) is 15.0. The molecule has 0 atom stereocenters. The molecule has 0 fully saturated rings. The summed E-state index contributed by atoms with van der Waals surface area (Å²) in [4.78, 5) is 0. The number of nitrogens with zero attached hydrogens (tertiary/aromatic N) is 3. The van der Waals surface area contributed by atoms with Crippen LogP contribution in [0.15, 0.2) is 97.3 Å². The maximum Gasteiger partial charge on any atom is 0.283 e. The van der Waals surface area contributed by atoms with E-state index in [-0.39, 0.29) is 0 Å². The van der Waals surface area contributed by atoms with Crippen molar-refractivity contribution in [2.45, 2.75) is 12.8 Å². The van der Waals surface area contributed by atoms with E-state index in [2.05, 4.69) is 83.7 Å². The molecule has 0 bridgehead atoms. The molecule has 27 heavy (non-hydrogen) atoms. The number of aromatic nitrogens is 3. The Morgan fingerprint density at radius 1 is 0.704 bits per heavy atom. The van der Waals surface area contributed by atoms with Gasteiger partial charge in [0.15, 0.2) is 0 Å². The van der Waals surface area contributed by atoms with Crippen molar-refractivity contribution in [3.8, 4) is 5.69 Å².